The Morgan fingerprint density at radius 2 is 1.89 bits per heavy atom. The van der Waals surface area contributed by atoms with E-state index < -0.39 is 11.9 Å². The maximum Gasteiger partial charge on any atom is 0.358 e. The van der Waals surface area contributed by atoms with Gasteiger partial charge in [-0.25, -0.2) is 14.3 Å². The van der Waals surface area contributed by atoms with Crippen LogP contribution in [-0.4, -0.2) is 48.3 Å². The Labute approximate surface area is 167 Å². The van der Waals surface area contributed by atoms with Crippen molar-refractivity contribution in [2.24, 2.45) is 0 Å². The lowest BCUT2D eigenvalue weighted by molar-refractivity contribution is 0.0507. The summed E-state index contributed by atoms with van der Waals surface area (Å²) in [4.78, 5) is 37.3. The highest BCUT2D eigenvalue weighted by atomic mass is 35.5. The Kier molecular flexibility index (Phi) is 7.31. The van der Waals surface area contributed by atoms with Crippen LogP contribution >= 0.6 is 11.6 Å². The number of halogens is 1. The number of ketones is 1. The summed E-state index contributed by atoms with van der Waals surface area (Å²) in [5.41, 5.74) is 1.24. The fraction of sp³-hybridized carbons (Fsp3) is 0.368. The van der Waals surface area contributed by atoms with Gasteiger partial charge in [0, 0.05) is 23.3 Å². The molecule has 0 aliphatic rings. The zero-order valence-electron chi connectivity index (χ0n) is 16.1. The first-order valence-corrected chi connectivity index (χ1v) is 8.85. The molecule has 0 bridgehead atoms. The summed E-state index contributed by atoms with van der Waals surface area (Å²) in [6.45, 7) is 3.22. The van der Waals surface area contributed by atoms with Crippen molar-refractivity contribution in [3.8, 4) is 0 Å². The standard InChI is InChI=1S/C19H21ClN2O6/c1-5-28-19(25)17-13(10-26-3)16(18(24)27-4)21-22(17)9-15(23)12-7-6-11(2)14(20)8-12/h6-8H,5,9-10H2,1-4H3. The zero-order valence-corrected chi connectivity index (χ0v) is 16.8. The van der Waals surface area contributed by atoms with Crippen LogP contribution in [-0.2, 0) is 27.4 Å². The molecule has 0 aliphatic heterocycles. The largest absolute Gasteiger partial charge is 0.464 e. The molecule has 9 heteroatoms. The number of nitrogens with zero attached hydrogens (tertiary/aromatic N) is 2. The van der Waals surface area contributed by atoms with Crippen molar-refractivity contribution >= 4 is 29.3 Å². The van der Waals surface area contributed by atoms with E-state index in [9.17, 15) is 14.4 Å². The maximum absolute atomic E-state index is 12.7. The molecule has 1 heterocycles. The topological polar surface area (TPSA) is 96.7 Å². The lowest BCUT2D eigenvalue weighted by Gasteiger charge is -2.09. The van der Waals surface area contributed by atoms with Crippen molar-refractivity contribution in [1.82, 2.24) is 9.78 Å². The molecule has 0 radical (unpaired) electrons. The summed E-state index contributed by atoms with van der Waals surface area (Å²) in [5, 5.41) is 4.57. The normalized spacial score (nSPS) is 10.6. The van der Waals surface area contributed by atoms with E-state index in [-0.39, 0.29) is 42.5 Å². The molecule has 2 aromatic rings. The quantitative estimate of drug-likeness (QED) is 0.489. The van der Waals surface area contributed by atoms with E-state index in [1.807, 2.05) is 6.92 Å². The molecule has 0 saturated heterocycles. The van der Waals surface area contributed by atoms with Crippen LogP contribution in [0.25, 0.3) is 0 Å². The molecule has 0 amide bonds. The van der Waals surface area contributed by atoms with Gasteiger partial charge in [0.2, 0.25) is 0 Å². The molecule has 1 aromatic heterocycles. The van der Waals surface area contributed by atoms with E-state index in [1.54, 1.807) is 25.1 Å². The predicted molar refractivity (Wildman–Crippen MR) is 101 cm³/mol. The van der Waals surface area contributed by atoms with Crippen LogP contribution < -0.4 is 0 Å². The van der Waals surface area contributed by atoms with Gasteiger partial charge in [0.15, 0.2) is 17.2 Å². The van der Waals surface area contributed by atoms with Crippen molar-refractivity contribution in [3.63, 3.8) is 0 Å². The van der Waals surface area contributed by atoms with Crippen LogP contribution in [0.4, 0.5) is 0 Å². The van der Waals surface area contributed by atoms with E-state index in [1.165, 1.54) is 14.2 Å². The summed E-state index contributed by atoms with van der Waals surface area (Å²) in [5.74, 6) is -1.80. The van der Waals surface area contributed by atoms with Crippen LogP contribution in [0, 0.1) is 6.92 Å². The van der Waals surface area contributed by atoms with Gasteiger partial charge in [-0.15, -0.1) is 0 Å². The molecule has 0 unspecified atom stereocenters. The SMILES string of the molecule is CCOC(=O)c1c(COC)c(C(=O)OC)nn1CC(=O)c1ccc(C)c(Cl)c1. The van der Waals surface area contributed by atoms with Crippen molar-refractivity contribution in [1.29, 1.82) is 0 Å². The van der Waals surface area contributed by atoms with Gasteiger partial charge in [-0.2, -0.15) is 5.10 Å². The fourth-order valence-corrected chi connectivity index (χ4v) is 2.76. The molecule has 0 aliphatic carbocycles. The van der Waals surface area contributed by atoms with Crippen LogP contribution in [0.5, 0.6) is 0 Å². The second-order valence-electron chi connectivity index (χ2n) is 5.87. The molecule has 8 nitrogen and oxygen atoms in total. The van der Waals surface area contributed by atoms with Crippen molar-refractivity contribution in [2.45, 2.75) is 27.0 Å². The number of carbonyl (C=O) groups is 3. The van der Waals surface area contributed by atoms with Gasteiger partial charge >= 0.3 is 11.9 Å². The fourth-order valence-electron chi connectivity index (χ4n) is 2.58. The minimum absolute atomic E-state index is 0.0318. The number of ether oxygens (including phenoxy) is 3. The van der Waals surface area contributed by atoms with Crippen LogP contribution in [0.2, 0.25) is 5.02 Å². The summed E-state index contributed by atoms with van der Waals surface area (Å²) in [6.07, 6.45) is 0. The number of methoxy groups -OCH3 is 2. The first-order valence-electron chi connectivity index (χ1n) is 8.47. The summed E-state index contributed by atoms with van der Waals surface area (Å²) in [6, 6.07) is 4.90. The predicted octanol–water partition coefficient (Wildman–Crippen LogP) is 2.84. The van der Waals surface area contributed by atoms with Crippen LogP contribution in [0.3, 0.4) is 0 Å². The number of Topliss-reactive ketones (excluding diaryl/α,β-unsaturated/α-hetero) is 1. The smallest absolute Gasteiger partial charge is 0.358 e. The Balaban J connectivity index is 2.51. The molecule has 0 fully saturated rings. The molecule has 2 rings (SSSR count). The van der Waals surface area contributed by atoms with Gasteiger partial charge in [-0.3, -0.25) is 4.79 Å². The number of aromatic nitrogens is 2. The first-order chi connectivity index (χ1) is 13.3. The minimum Gasteiger partial charge on any atom is -0.464 e. The summed E-state index contributed by atoms with van der Waals surface area (Å²) >= 11 is 6.09. The Hall–Kier alpha value is -2.71. The molecule has 150 valence electrons. The maximum atomic E-state index is 12.7. The molecule has 0 spiro atoms. The van der Waals surface area contributed by atoms with E-state index in [0.29, 0.717) is 10.6 Å². The Morgan fingerprint density at radius 1 is 1.18 bits per heavy atom. The first kappa shape index (κ1) is 21.6. The summed E-state index contributed by atoms with van der Waals surface area (Å²) in [7, 11) is 2.61. The van der Waals surface area contributed by atoms with Crippen LogP contribution in [0.15, 0.2) is 18.2 Å². The van der Waals surface area contributed by atoms with Gasteiger partial charge in [0.05, 0.1) is 20.3 Å². The number of aryl methyl sites for hydroxylation is 1. The number of hydrogen-bond donors (Lipinski definition) is 0. The molecule has 0 N–H and O–H groups in total. The number of benzene rings is 1. The van der Waals surface area contributed by atoms with Gasteiger partial charge in [-0.05, 0) is 25.5 Å². The molecule has 28 heavy (non-hydrogen) atoms. The van der Waals surface area contributed by atoms with Gasteiger partial charge in [0.1, 0.15) is 6.54 Å². The highest BCUT2D eigenvalue weighted by molar-refractivity contribution is 6.31. The highest BCUT2D eigenvalue weighted by Crippen LogP contribution is 2.21. The zero-order chi connectivity index (χ0) is 20.8. The Bertz CT molecular complexity index is 906. The second-order valence-corrected chi connectivity index (χ2v) is 6.27. The number of carbonyl (C=O) groups excluding carboxylic acids is 3. The number of esters is 2. The lowest BCUT2D eigenvalue weighted by Crippen LogP contribution is -2.19. The molecule has 0 saturated carbocycles. The highest BCUT2D eigenvalue weighted by Gasteiger charge is 2.29. The van der Waals surface area contributed by atoms with E-state index >= 15 is 0 Å². The molecular weight excluding hydrogens is 388 g/mol. The van der Waals surface area contributed by atoms with E-state index in [0.717, 1.165) is 10.2 Å². The minimum atomic E-state index is -0.748. The van der Waals surface area contributed by atoms with Gasteiger partial charge in [-0.1, -0.05) is 23.7 Å². The number of hydrogen-bond acceptors (Lipinski definition) is 7. The van der Waals surface area contributed by atoms with Crippen molar-refractivity contribution < 1.29 is 28.6 Å². The lowest BCUT2D eigenvalue weighted by atomic mass is 10.1. The monoisotopic (exact) mass is 408 g/mol. The van der Waals surface area contributed by atoms with Crippen LogP contribution in [0.1, 0.15) is 49.4 Å². The third-order valence-corrected chi connectivity index (χ3v) is 4.38. The number of rotatable bonds is 8. The third kappa shape index (κ3) is 4.58. The van der Waals surface area contributed by atoms with E-state index in [4.69, 9.17) is 25.8 Å². The van der Waals surface area contributed by atoms with E-state index in [2.05, 4.69) is 5.10 Å². The van der Waals surface area contributed by atoms with Crippen molar-refractivity contribution in [3.05, 3.63) is 51.3 Å². The molecular formula is C19H21ClN2O6. The third-order valence-electron chi connectivity index (χ3n) is 3.97. The average molecular weight is 409 g/mol. The van der Waals surface area contributed by atoms with Crippen molar-refractivity contribution in [2.75, 3.05) is 20.8 Å². The van der Waals surface area contributed by atoms with Gasteiger partial charge < -0.3 is 14.2 Å². The Morgan fingerprint density at radius 3 is 2.46 bits per heavy atom. The molecule has 1 aromatic carbocycles. The molecule has 0 atom stereocenters. The average Bonchev–Trinajstić information content (AvgIpc) is 3.01. The van der Waals surface area contributed by atoms with Gasteiger partial charge in [0.25, 0.3) is 0 Å². The second kappa shape index (κ2) is 9.48. The summed E-state index contributed by atoms with van der Waals surface area (Å²) < 4.78 is 16.0.